The molecule has 0 saturated heterocycles. The van der Waals surface area contributed by atoms with E-state index in [-0.39, 0.29) is 41.6 Å². The molecule has 0 aliphatic heterocycles. The number of hydrogen-bond donors (Lipinski definition) is 2. The normalized spacial score (nSPS) is 11.7. The number of amides is 1. The predicted octanol–water partition coefficient (Wildman–Crippen LogP) is 3.25. The zero-order valence-electron chi connectivity index (χ0n) is 14.5. The summed E-state index contributed by atoms with van der Waals surface area (Å²) in [5.41, 5.74) is -0.919. The minimum atomic E-state index is -4.50. The van der Waals surface area contributed by atoms with Crippen molar-refractivity contribution in [3.05, 3.63) is 29.2 Å². The summed E-state index contributed by atoms with van der Waals surface area (Å²) in [6.07, 6.45) is -2.19. The number of hydrogen-bond acceptors (Lipinski definition) is 6. The van der Waals surface area contributed by atoms with E-state index in [1.165, 1.54) is 11.8 Å². The average molecular weight is 423 g/mol. The first-order chi connectivity index (χ1) is 12.7. The van der Waals surface area contributed by atoms with Crippen LogP contribution in [0.2, 0.25) is 5.02 Å². The van der Waals surface area contributed by atoms with Crippen LogP contribution in [0.1, 0.15) is 25.5 Å². The van der Waals surface area contributed by atoms with Crippen LogP contribution in [-0.2, 0) is 11.0 Å². The van der Waals surface area contributed by atoms with Gasteiger partial charge in [-0.25, -0.2) is 4.98 Å². The van der Waals surface area contributed by atoms with Crippen LogP contribution in [0.5, 0.6) is 0 Å². The Kier molecular flexibility index (Phi) is 7.31. The Morgan fingerprint density at radius 1 is 1.37 bits per heavy atom. The van der Waals surface area contributed by atoms with E-state index in [1.807, 2.05) is 18.4 Å². The van der Waals surface area contributed by atoms with Crippen LogP contribution in [0.4, 0.5) is 19.0 Å². The van der Waals surface area contributed by atoms with E-state index in [2.05, 4.69) is 25.8 Å². The lowest BCUT2D eigenvalue weighted by molar-refractivity contribution is -0.137. The van der Waals surface area contributed by atoms with Gasteiger partial charge in [0.1, 0.15) is 12.1 Å². The van der Waals surface area contributed by atoms with Gasteiger partial charge in [-0.05, 0) is 19.9 Å². The zero-order valence-corrected chi connectivity index (χ0v) is 16.1. The monoisotopic (exact) mass is 422 g/mol. The highest BCUT2D eigenvalue weighted by Gasteiger charge is 2.31. The van der Waals surface area contributed by atoms with Crippen LogP contribution in [0, 0.1) is 0 Å². The molecule has 12 heteroatoms. The quantitative estimate of drug-likeness (QED) is 0.502. The lowest BCUT2D eigenvalue weighted by Crippen LogP contribution is -2.30. The van der Waals surface area contributed by atoms with E-state index < -0.39 is 11.7 Å². The Balaban J connectivity index is 1.73. The molecule has 0 bridgehead atoms. The molecule has 2 aromatic heterocycles. The summed E-state index contributed by atoms with van der Waals surface area (Å²) in [5.74, 6) is 0.0925. The third kappa shape index (κ3) is 6.28. The molecule has 0 fully saturated rings. The van der Waals surface area contributed by atoms with Crippen molar-refractivity contribution in [2.45, 2.75) is 31.2 Å². The summed E-state index contributed by atoms with van der Waals surface area (Å²) < 4.78 is 39.5. The predicted molar refractivity (Wildman–Crippen MR) is 96.9 cm³/mol. The Morgan fingerprint density at radius 2 is 2.11 bits per heavy atom. The maximum absolute atomic E-state index is 12.6. The summed E-state index contributed by atoms with van der Waals surface area (Å²) >= 11 is 7.06. The summed E-state index contributed by atoms with van der Waals surface area (Å²) in [5, 5.41) is 13.8. The number of pyridine rings is 1. The van der Waals surface area contributed by atoms with Gasteiger partial charge in [0.25, 0.3) is 0 Å². The molecule has 0 aromatic carbocycles. The van der Waals surface area contributed by atoms with Crippen molar-refractivity contribution >= 4 is 35.1 Å². The molecule has 0 saturated carbocycles. The Morgan fingerprint density at radius 3 is 2.74 bits per heavy atom. The van der Waals surface area contributed by atoms with Crippen molar-refractivity contribution < 1.29 is 18.0 Å². The van der Waals surface area contributed by atoms with E-state index in [4.69, 9.17) is 11.6 Å². The third-order valence-electron chi connectivity index (χ3n) is 3.34. The Bertz CT molecular complexity index is 783. The van der Waals surface area contributed by atoms with Gasteiger partial charge in [0.2, 0.25) is 5.91 Å². The number of carbonyl (C=O) groups excluding carboxylic acids is 1. The third-order valence-corrected chi connectivity index (χ3v) is 4.58. The second kappa shape index (κ2) is 9.27. The molecule has 2 rings (SSSR count). The van der Waals surface area contributed by atoms with Gasteiger partial charge in [0, 0.05) is 25.3 Å². The van der Waals surface area contributed by atoms with Crippen LogP contribution >= 0.6 is 23.4 Å². The minimum Gasteiger partial charge on any atom is -0.367 e. The number of thioether (sulfide) groups is 1. The highest BCUT2D eigenvalue weighted by atomic mass is 35.5. The number of rotatable bonds is 8. The van der Waals surface area contributed by atoms with E-state index in [9.17, 15) is 18.0 Å². The van der Waals surface area contributed by atoms with Crippen LogP contribution in [0.25, 0.3) is 0 Å². The van der Waals surface area contributed by atoms with Crippen molar-refractivity contribution in [1.29, 1.82) is 0 Å². The van der Waals surface area contributed by atoms with Crippen molar-refractivity contribution in [2.24, 2.45) is 0 Å². The summed E-state index contributed by atoms with van der Waals surface area (Å²) in [6.45, 7) is 4.49. The van der Waals surface area contributed by atoms with Crippen LogP contribution < -0.4 is 10.6 Å². The van der Waals surface area contributed by atoms with Gasteiger partial charge in [-0.2, -0.15) is 13.2 Å². The van der Waals surface area contributed by atoms with Gasteiger partial charge in [0.15, 0.2) is 5.16 Å². The summed E-state index contributed by atoms with van der Waals surface area (Å²) in [7, 11) is 0. The van der Waals surface area contributed by atoms with Crippen LogP contribution in [0.3, 0.4) is 0 Å². The number of nitrogens with one attached hydrogen (secondary N) is 2. The molecular formula is C15H18ClF3N6OS. The highest BCUT2D eigenvalue weighted by Crippen LogP contribution is 2.32. The summed E-state index contributed by atoms with van der Waals surface area (Å²) in [4.78, 5) is 15.5. The van der Waals surface area contributed by atoms with Gasteiger partial charge in [-0.3, -0.25) is 4.79 Å². The second-order valence-electron chi connectivity index (χ2n) is 5.73. The molecule has 0 radical (unpaired) electrons. The molecule has 148 valence electrons. The molecule has 0 unspecified atom stereocenters. The second-order valence-corrected chi connectivity index (χ2v) is 7.08. The molecule has 2 heterocycles. The van der Waals surface area contributed by atoms with E-state index in [1.54, 1.807) is 6.33 Å². The van der Waals surface area contributed by atoms with E-state index in [0.29, 0.717) is 11.4 Å². The topological polar surface area (TPSA) is 84.7 Å². The highest BCUT2D eigenvalue weighted by molar-refractivity contribution is 7.99. The molecule has 0 spiro atoms. The van der Waals surface area contributed by atoms with Crippen LogP contribution in [0.15, 0.2) is 23.7 Å². The molecule has 7 nitrogen and oxygen atoms in total. The number of nitrogens with zero attached hydrogens (tertiary/aromatic N) is 4. The average Bonchev–Trinajstić information content (AvgIpc) is 3.06. The zero-order chi connectivity index (χ0) is 20.0. The maximum atomic E-state index is 12.6. The number of alkyl halides is 3. The smallest absolute Gasteiger partial charge is 0.367 e. The largest absolute Gasteiger partial charge is 0.417 e. The standard InChI is InChI=1S/C15H18ClF3N6OS/c1-9(2)25-8-23-24-14(25)27-7-12(26)20-3-4-21-13-11(16)5-10(6-22-13)15(17,18)19/h5-6,8-9H,3-4,7H2,1-2H3,(H,20,26)(H,21,22). The first kappa shape index (κ1) is 21.3. The van der Waals surface area contributed by atoms with Gasteiger partial charge in [-0.1, -0.05) is 23.4 Å². The number of halogens is 4. The lowest BCUT2D eigenvalue weighted by Gasteiger charge is -2.11. The number of anilines is 1. The number of aromatic nitrogens is 4. The molecule has 2 N–H and O–H groups in total. The molecule has 0 atom stereocenters. The fourth-order valence-corrected chi connectivity index (χ4v) is 3.08. The molecule has 0 aliphatic carbocycles. The Hall–Kier alpha value is -2.01. The van der Waals surface area contributed by atoms with Crippen molar-refractivity contribution in [1.82, 2.24) is 25.1 Å². The van der Waals surface area contributed by atoms with Crippen molar-refractivity contribution in [3.8, 4) is 0 Å². The maximum Gasteiger partial charge on any atom is 0.417 e. The van der Waals surface area contributed by atoms with Crippen LogP contribution in [-0.4, -0.2) is 44.5 Å². The van der Waals surface area contributed by atoms with Gasteiger partial charge in [0.05, 0.1) is 16.3 Å². The van der Waals surface area contributed by atoms with E-state index >= 15 is 0 Å². The SMILES string of the molecule is CC(C)n1cnnc1SCC(=O)NCCNc1ncc(C(F)(F)F)cc1Cl. The molecule has 0 aliphatic rings. The first-order valence-corrected chi connectivity index (χ1v) is 9.30. The minimum absolute atomic E-state index is 0.123. The molecule has 27 heavy (non-hydrogen) atoms. The van der Waals surface area contributed by atoms with Gasteiger partial charge < -0.3 is 15.2 Å². The molecule has 1 amide bonds. The van der Waals surface area contributed by atoms with Gasteiger partial charge >= 0.3 is 6.18 Å². The fraction of sp³-hybridized carbons (Fsp3) is 0.467. The van der Waals surface area contributed by atoms with Crippen molar-refractivity contribution in [2.75, 3.05) is 24.2 Å². The van der Waals surface area contributed by atoms with Gasteiger partial charge in [-0.15, -0.1) is 10.2 Å². The number of carbonyl (C=O) groups is 1. The molecular weight excluding hydrogens is 405 g/mol. The molecule has 2 aromatic rings. The van der Waals surface area contributed by atoms with E-state index in [0.717, 1.165) is 6.07 Å². The Labute approximate surface area is 163 Å². The van der Waals surface area contributed by atoms with Crippen molar-refractivity contribution in [3.63, 3.8) is 0 Å². The lowest BCUT2D eigenvalue weighted by atomic mass is 10.3. The summed E-state index contributed by atoms with van der Waals surface area (Å²) in [6, 6.07) is 0.993. The fourth-order valence-electron chi connectivity index (χ4n) is 1.98. The first-order valence-electron chi connectivity index (χ1n) is 7.94.